The number of benzene rings is 1. The van der Waals surface area contributed by atoms with Crippen molar-refractivity contribution >= 4 is 0 Å². The van der Waals surface area contributed by atoms with Gasteiger partial charge in [-0.05, 0) is 48.8 Å². The van der Waals surface area contributed by atoms with E-state index in [1.165, 1.54) is 25.7 Å². The van der Waals surface area contributed by atoms with E-state index in [0.717, 1.165) is 18.1 Å². The predicted molar refractivity (Wildman–Crippen MR) is 87.1 cm³/mol. The zero-order valence-corrected chi connectivity index (χ0v) is 14.1. The minimum Gasteiger partial charge on any atom is -0.352 e. The number of hydrogen-bond donors (Lipinski definition) is 0. The first-order valence-corrected chi connectivity index (χ1v) is 8.89. The topological polar surface area (TPSA) is 18.5 Å². The van der Waals surface area contributed by atoms with Crippen molar-refractivity contribution < 1.29 is 24.1 Å². The molecule has 1 aromatic rings. The zero-order valence-electron chi connectivity index (χ0n) is 14.1. The molecule has 1 saturated carbocycles. The Hall–Kier alpha value is -1.07. The molecule has 136 valence electrons. The van der Waals surface area contributed by atoms with Crippen LogP contribution < -0.4 is 0 Å². The van der Waals surface area contributed by atoms with Gasteiger partial charge in [-0.1, -0.05) is 19.8 Å². The lowest BCUT2D eigenvalue weighted by molar-refractivity contribution is -0.212. The number of aryl methyl sites for hydroxylation is 1. The van der Waals surface area contributed by atoms with Crippen molar-refractivity contribution in [1.29, 1.82) is 0 Å². The Morgan fingerprint density at radius 3 is 2.12 bits per heavy atom. The van der Waals surface area contributed by atoms with Crippen molar-refractivity contribution in [2.45, 2.75) is 51.7 Å². The molecule has 1 aliphatic heterocycles. The maximum absolute atomic E-state index is 13.2. The van der Waals surface area contributed by atoms with Gasteiger partial charge in [-0.25, -0.2) is 13.2 Å². The van der Waals surface area contributed by atoms with Gasteiger partial charge in [0.15, 0.2) is 23.7 Å². The van der Waals surface area contributed by atoms with E-state index in [0.29, 0.717) is 43.5 Å². The van der Waals surface area contributed by atoms with Crippen LogP contribution in [0.15, 0.2) is 12.1 Å². The van der Waals surface area contributed by atoms with Gasteiger partial charge in [0.25, 0.3) is 0 Å². The second kappa shape index (κ2) is 7.87. The van der Waals surface area contributed by atoms with Crippen molar-refractivity contribution in [2.75, 3.05) is 13.2 Å². The molecule has 0 atom stereocenters. The van der Waals surface area contributed by atoms with Crippen molar-refractivity contribution in [2.24, 2.45) is 17.8 Å². The molecule has 0 spiro atoms. The summed E-state index contributed by atoms with van der Waals surface area (Å²) in [6.45, 7) is 3.69. The van der Waals surface area contributed by atoms with Gasteiger partial charge in [0, 0.05) is 13.8 Å². The number of rotatable bonds is 4. The highest BCUT2D eigenvalue weighted by Gasteiger charge is 2.31. The van der Waals surface area contributed by atoms with E-state index in [4.69, 9.17) is 9.47 Å². The van der Waals surface area contributed by atoms with E-state index in [-0.39, 0.29) is 7.72 Å². The summed E-state index contributed by atoms with van der Waals surface area (Å²) in [7, 11) is 0. The third kappa shape index (κ3) is 4.31. The Morgan fingerprint density at radius 2 is 1.54 bits per heavy atom. The molecule has 24 heavy (non-hydrogen) atoms. The second-order valence-electron chi connectivity index (χ2n) is 7.29. The maximum atomic E-state index is 13.2. The summed E-state index contributed by atoms with van der Waals surface area (Å²) in [5.74, 6) is -1.76. The lowest BCUT2D eigenvalue weighted by Crippen LogP contribution is -2.37. The van der Waals surface area contributed by atoms with Crippen LogP contribution >= 0.6 is 0 Å². The lowest BCUT2D eigenvalue weighted by atomic mass is 9.76. The van der Waals surface area contributed by atoms with Gasteiger partial charge >= 0.3 is 0 Å². The fraction of sp³-hybridized carbons (Fsp3) is 0.684. The second-order valence-corrected chi connectivity index (χ2v) is 7.29. The summed E-state index contributed by atoms with van der Waals surface area (Å²) in [5.41, 5.74) is 0.419. The van der Waals surface area contributed by atoms with Gasteiger partial charge in [-0.2, -0.15) is 0 Å². The molecular weight excluding hydrogens is 317 g/mol. The molecule has 3 rings (SSSR count). The van der Waals surface area contributed by atoms with Crippen molar-refractivity contribution in [3.05, 3.63) is 35.1 Å². The lowest BCUT2D eigenvalue weighted by Gasteiger charge is -2.37. The Labute approximate surface area is 142 Å². The molecule has 0 bridgehead atoms. The number of hydrogen-bond acceptors (Lipinski definition) is 2. The molecule has 0 N–H and O–H groups in total. The molecule has 0 amide bonds. The van der Waals surface area contributed by atoms with Crippen LogP contribution in [0.4, 0.5) is 13.2 Å². The maximum Gasteiger partial charge on any atom is 0.194 e. The van der Waals surface area contributed by atoms with Gasteiger partial charge in [0.05, 0.1) is 13.2 Å². The van der Waals surface area contributed by atoms with Crippen LogP contribution in [-0.2, 0) is 15.9 Å². The van der Waals surface area contributed by atoms with Gasteiger partial charge in [-0.15, -0.1) is 0 Å². The normalized spacial score (nSPS) is 31.2. The SMILES string of the molecule is CC1CCC(C2COC(CCc3cc(F)c(F)c(F)c3)OC2)CC1.[HH]. The smallest absolute Gasteiger partial charge is 0.194 e. The molecule has 1 saturated heterocycles. The van der Waals surface area contributed by atoms with Gasteiger partial charge in [0.1, 0.15) is 0 Å². The highest BCUT2D eigenvalue weighted by atomic mass is 19.2. The standard InChI is InChI=1S/C19H25F3O2.H2/c1-12-2-5-14(6-3-12)15-10-23-18(24-11-15)7-4-13-8-16(20)19(22)17(21)9-13;/h8-9,12,14-15,18H,2-7,10-11H2,1H3;1H. The summed E-state index contributed by atoms with van der Waals surface area (Å²) in [6.07, 6.45) is 5.62. The zero-order chi connectivity index (χ0) is 17.1. The van der Waals surface area contributed by atoms with Crippen LogP contribution in [0, 0.1) is 35.2 Å². The van der Waals surface area contributed by atoms with Gasteiger partial charge < -0.3 is 9.47 Å². The quantitative estimate of drug-likeness (QED) is 0.708. The van der Waals surface area contributed by atoms with Gasteiger partial charge in [-0.3, -0.25) is 0 Å². The largest absolute Gasteiger partial charge is 0.352 e. The van der Waals surface area contributed by atoms with Crippen LogP contribution in [0.25, 0.3) is 0 Å². The highest BCUT2D eigenvalue weighted by Crippen LogP contribution is 2.35. The molecule has 2 aliphatic rings. The van der Waals surface area contributed by atoms with E-state index in [2.05, 4.69) is 6.92 Å². The molecule has 0 aromatic heterocycles. The molecule has 5 heteroatoms. The first-order chi connectivity index (χ1) is 11.5. The Kier molecular flexibility index (Phi) is 5.82. The fourth-order valence-electron chi connectivity index (χ4n) is 3.79. The van der Waals surface area contributed by atoms with Crippen LogP contribution in [0.5, 0.6) is 0 Å². The first-order valence-electron chi connectivity index (χ1n) is 8.89. The summed E-state index contributed by atoms with van der Waals surface area (Å²) in [4.78, 5) is 0. The first kappa shape index (κ1) is 17.7. The number of halogens is 3. The monoisotopic (exact) mass is 344 g/mol. The van der Waals surface area contributed by atoms with E-state index < -0.39 is 17.5 Å². The summed E-state index contributed by atoms with van der Waals surface area (Å²) in [5, 5.41) is 0. The van der Waals surface area contributed by atoms with E-state index in [1.54, 1.807) is 0 Å². The van der Waals surface area contributed by atoms with Crippen molar-refractivity contribution in [1.82, 2.24) is 0 Å². The highest BCUT2D eigenvalue weighted by molar-refractivity contribution is 5.19. The Morgan fingerprint density at radius 1 is 0.958 bits per heavy atom. The molecule has 1 aromatic carbocycles. The average molecular weight is 344 g/mol. The van der Waals surface area contributed by atoms with Crippen LogP contribution in [0.1, 0.15) is 46.0 Å². The summed E-state index contributed by atoms with van der Waals surface area (Å²) in [6, 6.07) is 2.07. The van der Waals surface area contributed by atoms with E-state index >= 15 is 0 Å². The number of ether oxygens (including phenoxy) is 2. The molecule has 0 unspecified atom stereocenters. The van der Waals surface area contributed by atoms with Crippen molar-refractivity contribution in [3.8, 4) is 0 Å². The molecule has 2 fully saturated rings. The predicted octanol–water partition coefficient (Wildman–Crippen LogP) is 5.10. The van der Waals surface area contributed by atoms with Crippen LogP contribution in [0.2, 0.25) is 0 Å². The Balaban J connectivity index is 0.00000225. The fourth-order valence-corrected chi connectivity index (χ4v) is 3.79. The third-order valence-corrected chi connectivity index (χ3v) is 5.43. The third-order valence-electron chi connectivity index (χ3n) is 5.43. The average Bonchev–Trinajstić information content (AvgIpc) is 2.59. The molecule has 0 radical (unpaired) electrons. The Bertz CT molecular complexity index is 531. The summed E-state index contributed by atoms with van der Waals surface area (Å²) >= 11 is 0. The van der Waals surface area contributed by atoms with E-state index in [9.17, 15) is 13.2 Å². The van der Waals surface area contributed by atoms with Crippen LogP contribution in [-0.4, -0.2) is 19.5 Å². The summed E-state index contributed by atoms with van der Waals surface area (Å²) < 4.78 is 51.0. The molecule has 1 aliphatic carbocycles. The minimum atomic E-state index is -1.42. The van der Waals surface area contributed by atoms with Crippen LogP contribution in [0.3, 0.4) is 0 Å². The van der Waals surface area contributed by atoms with Crippen molar-refractivity contribution in [3.63, 3.8) is 0 Å². The minimum absolute atomic E-state index is 0. The molecule has 2 nitrogen and oxygen atoms in total. The molecular formula is C19H27F3O2. The van der Waals surface area contributed by atoms with E-state index in [1.807, 2.05) is 0 Å². The molecule has 1 heterocycles. The van der Waals surface area contributed by atoms with Gasteiger partial charge in [0.2, 0.25) is 0 Å².